The standard InChI is InChI=1S/C11H8Br4N2O2S2/c12-5-1-7(13)10(8(14)2-5)17-21(18,19)9-3-6(4-16)20-11(9)15/h1-3,17H,4,16H2. The first-order valence-corrected chi connectivity index (χ1v) is 10.9. The van der Waals surface area contributed by atoms with Crippen LogP contribution in [0, 0.1) is 0 Å². The second-order valence-electron chi connectivity index (χ2n) is 3.90. The molecular weight excluding hydrogens is 576 g/mol. The largest absolute Gasteiger partial charge is 0.326 e. The van der Waals surface area contributed by atoms with Gasteiger partial charge in [0.15, 0.2) is 0 Å². The highest BCUT2D eigenvalue weighted by atomic mass is 79.9. The number of rotatable bonds is 4. The minimum absolute atomic E-state index is 0.176. The molecule has 0 spiro atoms. The lowest BCUT2D eigenvalue weighted by Crippen LogP contribution is -2.13. The molecule has 0 amide bonds. The zero-order valence-electron chi connectivity index (χ0n) is 10.2. The van der Waals surface area contributed by atoms with Crippen LogP contribution >= 0.6 is 75.1 Å². The molecule has 0 fully saturated rings. The van der Waals surface area contributed by atoms with Gasteiger partial charge in [0.05, 0.1) is 9.47 Å². The smallest absolute Gasteiger partial charge is 0.263 e. The summed E-state index contributed by atoms with van der Waals surface area (Å²) < 4.78 is 30.2. The van der Waals surface area contributed by atoms with Crippen molar-refractivity contribution in [3.8, 4) is 0 Å². The molecule has 4 nitrogen and oxygen atoms in total. The molecule has 1 aromatic carbocycles. The van der Waals surface area contributed by atoms with Crippen LogP contribution in [0.5, 0.6) is 0 Å². The summed E-state index contributed by atoms with van der Waals surface area (Å²) in [6.45, 7) is 0.296. The number of sulfonamides is 1. The Balaban J connectivity index is 2.44. The third-order valence-electron chi connectivity index (χ3n) is 2.44. The van der Waals surface area contributed by atoms with E-state index in [1.807, 2.05) is 0 Å². The van der Waals surface area contributed by atoms with Crippen LogP contribution in [0.2, 0.25) is 0 Å². The van der Waals surface area contributed by atoms with Crippen LogP contribution in [0.25, 0.3) is 0 Å². The lowest BCUT2D eigenvalue weighted by Gasteiger charge is -2.11. The van der Waals surface area contributed by atoms with Gasteiger partial charge in [-0.05, 0) is 66.0 Å². The summed E-state index contributed by atoms with van der Waals surface area (Å²) in [5, 5.41) is 0. The van der Waals surface area contributed by atoms with E-state index in [1.165, 1.54) is 11.3 Å². The van der Waals surface area contributed by atoms with E-state index < -0.39 is 10.0 Å². The summed E-state index contributed by atoms with van der Waals surface area (Å²) in [6.07, 6.45) is 0. The first-order valence-electron chi connectivity index (χ1n) is 5.40. The Morgan fingerprint density at radius 3 is 2.14 bits per heavy atom. The van der Waals surface area contributed by atoms with Crippen molar-refractivity contribution in [2.75, 3.05) is 4.72 Å². The average Bonchev–Trinajstić information content (AvgIpc) is 2.76. The van der Waals surface area contributed by atoms with Crippen molar-refractivity contribution in [3.05, 3.63) is 40.3 Å². The Morgan fingerprint density at radius 1 is 1.10 bits per heavy atom. The molecule has 0 saturated carbocycles. The Bertz CT molecular complexity index is 767. The van der Waals surface area contributed by atoms with Crippen LogP contribution < -0.4 is 10.5 Å². The van der Waals surface area contributed by atoms with Gasteiger partial charge in [-0.1, -0.05) is 15.9 Å². The lowest BCUT2D eigenvalue weighted by atomic mass is 10.3. The number of halogens is 4. The van der Waals surface area contributed by atoms with Gasteiger partial charge in [-0.15, -0.1) is 11.3 Å². The molecule has 2 rings (SSSR count). The average molecular weight is 584 g/mol. The maximum Gasteiger partial charge on any atom is 0.263 e. The maximum absolute atomic E-state index is 12.5. The Morgan fingerprint density at radius 2 is 1.67 bits per heavy atom. The molecule has 0 aliphatic carbocycles. The van der Waals surface area contributed by atoms with Crippen molar-refractivity contribution >= 4 is 90.8 Å². The number of hydrogen-bond donors (Lipinski definition) is 2. The van der Waals surface area contributed by atoms with Crippen molar-refractivity contribution in [1.29, 1.82) is 0 Å². The normalized spacial score (nSPS) is 11.7. The molecule has 0 radical (unpaired) electrons. The van der Waals surface area contributed by atoms with Gasteiger partial charge in [-0.2, -0.15) is 0 Å². The van der Waals surface area contributed by atoms with Gasteiger partial charge in [0.2, 0.25) is 0 Å². The van der Waals surface area contributed by atoms with E-state index >= 15 is 0 Å². The van der Waals surface area contributed by atoms with Crippen molar-refractivity contribution in [2.24, 2.45) is 5.73 Å². The van der Waals surface area contributed by atoms with Gasteiger partial charge in [-0.3, -0.25) is 4.72 Å². The fourth-order valence-corrected chi connectivity index (χ4v) is 7.89. The quantitative estimate of drug-likeness (QED) is 0.529. The van der Waals surface area contributed by atoms with Crippen LogP contribution in [0.15, 0.2) is 40.3 Å². The van der Waals surface area contributed by atoms with Gasteiger partial charge in [0, 0.05) is 24.8 Å². The molecule has 1 heterocycles. The van der Waals surface area contributed by atoms with Crippen molar-refractivity contribution < 1.29 is 8.42 Å². The van der Waals surface area contributed by atoms with Crippen LogP contribution in [0.4, 0.5) is 5.69 Å². The lowest BCUT2D eigenvalue weighted by molar-refractivity contribution is 0.601. The molecule has 0 saturated heterocycles. The topological polar surface area (TPSA) is 72.2 Å². The molecule has 1 aromatic heterocycles. The summed E-state index contributed by atoms with van der Waals surface area (Å²) >= 11 is 14.6. The Hall–Kier alpha value is 0.550. The van der Waals surface area contributed by atoms with Crippen LogP contribution in [-0.2, 0) is 16.6 Å². The van der Waals surface area contributed by atoms with Gasteiger partial charge < -0.3 is 5.73 Å². The van der Waals surface area contributed by atoms with Crippen LogP contribution in [0.3, 0.4) is 0 Å². The number of thiophene rings is 1. The maximum atomic E-state index is 12.5. The van der Waals surface area contributed by atoms with Gasteiger partial charge in [-0.25, -0.2) is 8.42 Å². The van der Waals surface area contributed by atoms with Crippen LogP contribution in [-0.4, -0.2) is 8.42 Å². The summed E-state index contributed by atoms with van der Waals surface area (Å²) in [4.78, 5) is 0.964. The van der Waals surface area contributed by atoms with Crippen molar-refractivity contribution in [3.63, 3.8) is 0 Å². The number of benzene rings is 1. The van der Waals surface area contributed by atoms with Crippen molar-refractivity contribution in [2.45, 2.75) is 11.4 Å². The third-order valence-corrected chi connectivity index (χ3v) is 7.77. The predicted octanol–water partition coefficient (Wildman–Crippen LogP) is 5.06. The van der Waals surface area contributed by atoms with E-state index in [4.69, 9.17) is 5.73 Å². The van der Waals surface area contributed by atoms with E-state index in [9.17, 15) is 8.42 Å². The molecule has 114 valence electrons. The zero-order chi connectivity index (χ0) is 15.8. The molecule has 0 unspecified atom stereocenters. The first-order chi connectivity index (χ1) is 9.74. The molecule has 10 heteroatoms. The second-order valence-corrected chi connectivity index (χ2v) is 10.6. The van der Waals surface area contributed by atoms with Gasteiger partial charge in [0.1, 0.15) is 4.90 Å². The molecule has 21 heavy (non-hydrogen) atoms. The van der Waals surface area contributed by atoms with E-state index in [1.54, 1.807) is 18.2 Å². The third kappa shape index (κ3) is 4.10. The Kier molecular flexibility index (Phi) is 5.95. The molecule has 3 N–H and O–H groups in total. The van der Waals surface area contributed by atoms with Gasteiger partial charge in [0.25, 0.3) is 10.0 Å². The fourth-order valence-electron chi connectivity index (χ4n) is 1.51. The Labute approximate surface area is 160 Å². The van der Waals surface area contributed by atoms with E-state index in [-0.39, 0.29) is 4.90 Å². The monoisotopic (exact) mass is 580 g/mol. The zero-order valence-corrected chi connectivity index (χ0v) is 18.1. The molecule has 0 aliphatic heterocycles. The minimum atomic E-state index is -3.71. The predicted molar refractivity (Wildman–Crippen MR) is 100 cm³/mol. The number of anilines is 1. The highest BCUT2D eigenvalue weighted by Crippen LogP contribution is 2.38. The summed E-state index contributed by atoms with van der Waals surface area (Å²) in [5.41, 5.74) is 5.98. The van der Waals surface area contributed by atoms with E-state index in [0.29, 0.717) is 25.0 Å². The second kappa shape index (κ2) is 6.98. The summed E-state index contributed by atoms with van der Waals surface area (Å²) in [5.74, 6) is 0. The number of hydrogen-bond acceptors (Lipinski definition) is 4. The SMILES string of the molecule is NCc1cc(S(=O)(=O)Nc2c(Br)cc(Br)cc2Br)c(Br)s1. The van der Waals surface area contributed by atoms with E-state index in [2.05, 4.69) is 68.4 Å². The highest BCUT2D eigenvalue weighted by molar-refractivity contribution is 9.12. The molecule has 0 aliphatic rings. The molecule has 0 bridgehead atoms. The van der Waals surface area contributed by atoms with E-state index in [0.717, 1.165) is 9.35 Å². The highest BCUT2D eigenvalue weighted by Gasteiger charge is 2.23. The molecule has 2 aromatic rings. The number of nitrogens with one attached hydrogen (secondary N) is 1. The molecule has 0 atom stereocenters. The number of nitrogens with two attached hydrogens (primary N) is 1. The fraction of sp³-hybridized carbons (Fsp3) is 0.0909. The molecular formula is C11H8Br4N2O2S2. The first kappa shape index (κ1) is 17.9. The summed E-state index contributed by atoms with van der Waals surface area (Å²) in [6, 6.07) is 5.09. The van der Waals surface area contributed by atoms with Gasteiger partial charge >= 0.3 is 0 Å². The summed E-state index contributed by atoms with van der Waals surface area (Å²) in [7, 11) is -3.71. The minimum Gasteiger partial charge on any atom is -0.326 e. The van der Waals surface area contributed by atoms with Crippen LogP contribution in [0.1, 0.15) is 4.88 Å². The van der Waals surface area contributed by atoms with Crippen molar-refractivity contribution in [1.82, 2.24) is 0 Å².